The summed E-state index contributed by atoms with van der Waals surface area (Å²) in [7, 11) is 0. The molecule has 1 rings (SSSR count). The number of alkyl carbamates (subject to hydrolysis) is 1. The van der Waals surface area contributed by atoms with Gasteiger partial charge < -0.3 is 20.5 Å². The molecular weight excluding hydrogens is 292 g/mol. The van der Waals surface area contributed by atoms with Crippen LogP contribution in [0, 0.1) is 6.92 Å². The Balaban J connectivity index is 2.29. The van der Waals surface area contributed by atoms with E-state index in [-0.39, 0.29) is 6.04 Å². The molecule has 0 aliphatic rings. The maximum Gasteiger partial charge on any atom is 0.407 e. The Hall–Kier alpha value is -2.01. The molecule has 0 heterocycles. The van der Waals surface area contributed by atoms with Gasteiger partial charge in [0.1, 0.15) is 11.4 Å². The van der Waals surface area contributed by atoms with E-state index in [1.807, 2.05) is 58.9 Å². The van der Waals surface area contributed by atoms with Gasteiger partial charge in [-0.25, -0.2) is 4.79 Å². The summed E-state index contributed by atoms with van der Waals surface area (Å²) in [6.07, 6.45) is 3.37. The number of nitrogens with one attached hydrogen (secondary N) is 2. The Morgan fingerprint density at radius 3 is 2.57 bits per heavy atom. The van der Waals surface area contributed by atoms with Gasteiger partial charge in [0, 0.05) is 24.7 Å². The van der Waals surface area contributed by atoms with Crippen molar-refractivity contribution in [1.29, 1.82) is 0 Å². The molecule has 5 nitrogen and oxygen atoms in total. The Morgan fingerprint density at radius 1 is 1.30 bits per heavy atom. The molecular formula is C18H28N2O3. The average molecular weight is 320 g/mol. The molecule has 23 heavy (non-hydrogen) atoms. The minimum Gasteiger partial charge on any atom is -0.508 e. The molecule has 3 N–H and O–H groups in total. The first-order valence-corrected chi connectivity index (χ1v) is 7.84. The summed E-state index contributed by atoms with van der Waals surface area (Å²) < 4.78 is 5.14. The summed E-state index contributed by atoms with van der Waals surface area (Å²) in [4.78, 5) is 11.4. The van der Waals surface area contributed by atoms with E-state index in [9.17, 15) is 9.90 Å². The van der Waals surface area contributed by atoms with Crippen LogP contribution >= 0.6 is 0 Å². The summed E-state index contributed by atoms with van der Waals surface area (Å²) in [5, 5.41) is 15.9. The number of phenolic OH excluding ortho intramolecular Hbond substituents is 1. The molecule has 1 aromatic carbocycles. The van der Waals surface area contributed by atoms with Crippen molar-refractivity contribution in [3.8, 4) is 5.75 Å². The van der Waals surface area contributed by atoms with Crippen molar-refractivity contribution in [3.63, 3.8) is 0 Å². The third kappa shape index (κ3) is 7.70. The number of phenols is 1. The number of amides is 1. The van der Waals surface area contributed by atoms with Crippen molar-refractivity contribution in [2.45, 2.75) is 46.3 Å². The van der Waals surface area contributed by atoms with E-state index >= 15 is 0 Å². The standard InChI is InChI=1S/C18H28N2O3/c1-13-8-9-15(16(21)12-13)14(2)19-10-6-7-11-20-17(22)23-18(3,4)5/h6-9,12,14,19,21H,10-11H2,1-5H3,(H,20,22)/b7-6+. The van der Waals surface area contributed by atoms with E-state index in [0.717, 1.165) is 11.1 Å². The van der Waals surface area contributed by atoms with Crippen LogP contribution in [0.5, 0.6) is 5.75 Å². The van der Waals surface area contributed by atoms with Crippen LogP contribution in [0.2, 0.25) is 0 Å². The number of aryl methyl sites for hydroxylation is 1. The molecule has 0 saturated heterocycles. The largest absolute Gasteiger partial charge is 0.508 e. The molecule has 1 unspecified atom stereocenters. The van der Waals surface area contributed by atoms with Gasteiger partial charge in [-0.2, -0.15) is 0 Å². The van der Waals surface area contributed by atoms with E-state index in [0.29, 0.717) is 18.8 Å². The van der Waals surface area contributed by atoms with E-state index < -0.39 is 11.7 Å². The number of ether oxygens (including phenoxy) is 1. The molecule has 1 aromatic rings. The van der Waals surface area contributed by atoms with Gasteiger partial charge >= 0.3 is 6.09 Å². The van der Waals surface area contributed by atoms with Crippen LogP contribution in [0.25, 0.3) is 0 Å². The molecule has 0 aliphatic carbocycles. The third-order valence-corrected chi connectivity index (χ3v) is 3.12. The fourth-order valence-electron chi connectivity index (χ4n) is 2.00. The highest BCUT2D eigenvalue weighted by molar-refractivity contribution is 5.67. The lowest BCUT2D eigenvalue weighted by molar-refractivity contribution is 0.0534. The first kappa shape index (κ1) is 19.0. The smallest absolute Gasteiger partial charge is 0.407 e. The van der Waals surface area contributed by atoms with Gasteiger partial charge in [0.15, 0.2) is 0 Å². The lowest BCUT2D eigenvalue weighted by Crippen LogP contribution is -2.32. The molecule has 5 heteroatoms. The Labute approximate surface area is 138 Å². The summed E-state index contributed by atoms with van der Waals surface area (Å²) in [6, 6.07) is 5.71. The monoisotopic (exact) mass is 320 g/mol. The van der Waals surface area contributed by atoms with Crippen LogP contribution in [-0.4, -0.2) is 29.9 Å². The lowest BCUT2D eigenvalue weighted by atomic mass is 10.1. The van der Waals surface area contributed by atoms with Crippen LogP contribution in [0.3, 0.4) is 0 Å². The number of rotatable bonds is 6. The van der Waals surface area contributed by atoms with Gasteiger partial charge in [-0.1, -0.05) is 24.3 Å². The van der Waals surface area contributed by atoms with Crippen molar-refractivity contribution < 1.29 is 14.6 Å². The number of hydrogen-bond donors (Lipinski definition) is 3. The zero-order valence-corrected chi connectivity index (χ0v) is 14.6. The van der Waals surface area contributed by atoms with Gasteiger partial charge in [0.25, 0.3) is 0 Å². The van der Waals surface area contributed by atoms with Crippen molar-refractivity contribution in [1.82, 2.24) is 10.6 Å². The second kappa shape index (κ2) is 8.58. The fourth-order valence-corrected chi connectivity index (χ4v) is 2.00. The third-order valence-electron chi connectivity index (χ3n) is 3.12. The van der Waals surface area contributed by atoms with Gasteiger partial charge in [0.05, 0.1) is 0 Å². The topological polar surface area (TPSA) is 70.6 Å². The van der Waals surface area contributed by atoms with Gasteiger partial charge in [-0.3, -0.25) is 0 Å². The summed E-state index contributed by atoms with van der Waals surface area (Å²) in [5.74, 6) is 0.306. The highest BCUT2D eigenvalue weighted by Gasteiger charge is 2.15. The molecule has 0 radical (unpaired) electrons. The fraction of sp³-hybridized carbons (Fsp3) is 0.500. The van der Waals surface area contributed by atoms with Crippen LogP contribution in [-0.2, 0) is 4.74 Å². The second-order valence-electron chi connectivity index (χ2n) is 6.55. The number of carbonyl (C=O) groups excluding carboxylic acids is 1. The second-order valence-corrected chi connectivity index (χ2v) is 6.55. The minimum atomic E-state index is -0.485. The maximum absolute atomic E-state index is 11.4. The predicted octanol–water partition coefficient (Wildman–Crippen LogP) is 3.43. The van der Waals surface area contributed by atoms with Gasteiger partial charge in [-0.05, 0) is 46.2 Å². The zero-order valence-electron chi connectivity index (χ0n) is 14.6. The minimum absolute atomic E-state index is 0.0408. The van der Waals surface area contributed by atoms with Crippen LogP contribution < -0.4 is 10.6 Å². The van der Waals surface area contributed by atoms with Crippen molar-refractivity contribution in [3.05, 3.63) is 41.5 Å². The van der Waals surface area contributed by atoms with Crippen molar-refractivity contribution in [2.24, 2.45) is 0 Å². The number of benzene rings is 1. The van der Waals surface area contributed by atoms with Crippen molar-refractivity contribution in [2.75, 3.05) is 13.1 Å². The lowest BCUT2D eigenvalue weighted by Gasteiger charge is -2.19. The molecule has 0 spiro atoms. The first-order valence-electron chi connectivity index (χ1n) is 7.84. The molecule has 0 saturated carbocycles. The molecule has 0 fully saturated rings. The molecule has 128 valence electrons. The van der Waals surface area contributed by atoms with Crippen molar-refractivity contribution >= 4 is 6.09 Å². The Bertz CT molecular complexity index is 548. The summed E-state index contributed by atoms with van der Waals surface area (Å²) in [5.41, 5.74) is 1.42. The normalized spacial score (nSPS) is 13.1. The average Bonchev–Trinajstić information content (AvgIpc) is 2.40. The maximum atomic E-state index is 11.4. The van der Waals surface area contributed by atoms with E-state index in [1.54, 1.807) is 6.07 Å². The Morgan fingerprint density at radius 2 is 1.96 bits per heavy atom. The highest BCUT2D eigenvalue weighted by Crippen LogP contribution is 2.24. The predicted molar refractivity (Wildman–Crippen MR) is 92.6 cm³/mol. The number of carbonyl (C=O) groups is 1. The van der Waals surface area contributed by atoms with Crippen LogP contribution in [0.15, 0.2) is 30.4 Å². The van der Waals surface area contributed by atoms with E-state index in [4.69, 9.17) is 4.74 Å². The Kier molecular flexibility index (Phi) is 7.10. The van der Waals surface area contributed by atoms with E-state index in [2.05, 4.69) is 10.6 Å². The molecule has 0 aliphatic heterocycles. The summed E-state index contributed by atoms with van der Waals surface area (Å²) >= 11 is 0. The van der Waals surface area contributed by atoms with E-state index in [1.165, 1.54) is 0 Å². The first-order chi connectivity index (χ1) is 10.7. The zero-order chi connectivity index (χ0) is 17.5. The molecule has 1 amide bonds. The highest BCUT2D eigenvalue weighted by atomic mass is 16.6. The van der Waals surface area contributed by atoms with Gasteiger partial charge in [-0.15, -0.1) is 0 Å². The quantitative estimate of drug-likeness (QED) is 0.702. The van der Waals surface area contributed by atoms with Crippen LogP contribution in [0.1, 0.15) is 44.9 Å². The molecule has 0 aromatic heterocycles. The number of hydrogen-bond acceptors (Lipinski definition) is 4. The molecule has 1 atom stereocenters. The van der Waals surface area contributed by atoms with Crippen LogP contribution in [0.4, 0.5) is 4.79 Å². The SMILES string of the molecule is Cc1ccc(C(C)NC/C=C/CNC(=O)OC(C)(C)C)c(O)c1. The summed E-state index contributed by atoms with van der Waals surface area (Å²) in [6.45, 7) is 10.5. The number of aromatic hydroxyl groups is 1. The van der Waals surface area contributed by atoms with Gasteiger partial charge in [0.2, 0.25) is 0 Å². The molecule has 0 bridgehead atoms.